The minimum Gasteiger partial charge on any atom is -0.390 e. The zero-order valence-electron chi connectivity index (χ0n) is 8.76. The van der Waals surface area contributed by atoms with Crippen molar-refractivity contribution >= 4 is 11.8 Å². The van der Waals surface area contributed by atoms with Crippen LogP contribution < -0.4 is 0 Å². The van der Waals surface area contributed by atoms with Gasteiger partial charge in [0.15, 0.2) is 0 Å². The summed E-state index contributed by atoms with van der Waals surface area (Å²) in [4.78, 5) is 16.1. The van der Waals surface area contributed by atoms with Crippen molar-refractivity contribution in [3.05, 3.63) is 40.3 Å². The second kappa shape index (κ2) is 6.42. The summed E-state index contributed by atoms with van der Waals surface area (Å²) in [5.41, 5.74) is 8.59. The summed E-state index contributed by atoms with van der Waals surface area (Å²) in [5, 5.41) is 22.5. The number of hydrogen-bond donors (Lipinski definition) is 2. The number of azide groups is 1. The van der Waals surface area contributed by atoms with E-state index in [0.717, 1.165) is 0 Å². The molecule has 1 aromatic carbocycles. The monoisotopic (exact) mass is 234 g/mol. The quantitative estimate of drug-likeness (QED) is 0.263. The van der Waals surface area contributed by atoms with E-state index in [9.17, 15) is 15.0 Å². The van der Waals surface area contributed by atoms with Gasteiger partial charge >= 0.3 is 0 Å². The van der Waals surface area contributed by atoms with Gasteiger partial charge in [-0.2, -0.15) is 4.99 Å². The molecule has 88 valence electrons. The molecule has 0 aliphatic carbocycles. The molecule has 0 aliphatic heterocycles. The Balaban J connectivity index is 2.98. The van der Waals surface area contributed by atoms with Gasteiger partial charge in [-0.15, -0.1) is 0 Å². The third-order valence-corrected chi connectivity index (χ3v) is 2.12. The molecule has 0 saturated carbocycles. The molecule has 0 radical (unpaired) electrons. The normalized spacial score (nSPS) is 13.1. The van der Waals surface area contributed by atoms with E-state index in [-0.39, 0.29) is 17.8 Å². The number of aliphatic imine (C=N–C) groups is 1. The lowest BCUT2D eigenvalue weighted by Crippen LogP contribution is -2.21. The molecule has 0 amide bonds. The van der Waals surface area contributed by atoms with E-state index in [1.165, 1.54) is 18.2 Å². The van der Waals surface area contributed by atoms with Crippen LogP contribution in [0.3, 0.4) is 0 Å². The summed E-state index contributed by atoms with van der Waals surface area (Å²) >= 11 is 0. The van der Waals surface area contributed by atoms with Crippen molar-refractivity contribution in [1.29, 1.82) is 0 Å². The van der Waals surface area contributed by atoms with E-state index in [0.29, 0.717) is 0 Å². The summed E-state index contributed by atoms with van der Waals surface area (Å²) in [6.07, 6.45) is -1.18. The zero-order chi connectivity index (χ0) is 12.7. The van der Waals surface area contributed by atoms with Gasteiger partial charge in [0.1, 0.15) is 6.10 Å². The molecule has 0 heterocycles. The molecule has 2 atom stereocenters. The SMILES string of the molecule is [N-]=[N+]=NCC(O)C(O)c1ccccc1N=C=O. The van der Waals surface area contributed by atoms with Crippen LogP contribution in [-0.2, 0) is 4.79 Å². The highest BCUT2D eigenvalue weighted by Crippen LogP contribution is 2.27. The van der Waals surface area contributed by atoms with E-state index >= 15 is 0 Å². The second-order valence-electron chi connectivity index (χ2n) is 3.19. The van der Waals surface area contributed by atoms with E-state index in [1.807, 2.05) is 0 Å². The fourth-order valence-corrected chi connectivity index (χ4v) is 1.32. The van der Waals surface area contributed by atoms with Crippen LogP contribution in [0.15, 0.2) is 34.4 Å². The Morgan fingerprint density at radius 1 is 1.41 bits per heavy atom. The van der Waals surface area contributed by atoms with Crippen molar-refractivity contribution in [3.8, 4) is 0 Å². The first kappa shape index (κ1) is 12.9. The van der Waals surface area contributed by atoms with Gasteiger partial charge in [-0.05, 0) is 11.6 Å². The van der Waals surface area contributed by atoms with Crippen molar-refractivity contribution in [2.75, 3.05) is 6.54 Å². The average Bonchev–Trinajstić information content (AvgIpc) is 2.36. The van der Waals surface area contributed by atoms with Crippen LogP contribution in [0, 0.1) is 0 Å². The third kappa shape index (κ3) is 3.41. The minimum atomic E-state index is -1.28. The fraction of sp³-hybridized carbons (Fsp3) is 0.300. The molecule has 0 bridgehead atoms. The number of aliphatic hydroxyl groups is 2. The first-order valence-corrected chi connectivity index (χ1v) is 4.74. The van der Waals surface area contributed by atoms with Gasteiger partial charge in [0, 0.05) is 10.5 Å². The summed E-state index contributed by atoms with van der Waals surface area (Å²) in [6.45, 7) is -0.267. The molecule has 0 aromatic heterocycles. The lowest BCUT2D eigenvalue weighted by Gasteiger charge is -2.17. The van der Waals surface area contributed by atoms with Crippen LogP contribution in [0.1, 0.15) is 11.7 Å². The Hall–Kier alpha value is -2.17. The highest BCUT2D eigenvalue weighted by molar-refractivity contribution is 5.54. The predicted molar refractivity (Wildman–Crippen MR) is 59.2 cm³/mol. The van der Waals surface area contributed by atoms with Crippen LogP contribution in [-0.4, -0.2) is 28.9 Å². The summed E-state index contributed by atoms with van der Waals surface area (Å²) in [7, 11) is 0. The van der Waals surface area contributed by atoms with E-state index in [1.54, 1.807) is 12.1 Å². The van der Waals surface area contributed by atoms with Crippen LogP contribution in [0.5, 0.6) is 0 Å². The molecule has 1 rings (SSSR count). The maximum Gasteiger partial charge on any atom is 0.240 e. The highest BCUT2D eigenvalue weighted by Gasteiger charge is 2.20. The first-order chi connectivity index (χ1) is 8.20. The molecule has 0 aliphatic rings. The minimum absolute atomic E-state index is 0.218. The topological polar surface area (TPSA) is 119 Å². The smallest absolute Gasteiger partial charge is 0.240 e. The van der Waals surface area contributed by atoms with E-state index in [4.69, 9.17) is 5.53 Å². The van der Waals surface area contributed by atoms with Crippen molar-refractivity contribution in [2.45, 2.75) is 12.2 Å². The lowest BCUT2D eigenvalue weighted by molar-refractivity contribution is 0.0247. The Kier molecular flexibility index (Phi) is 4.87. The van der Waals surface area contributed by atoms with Gasteiger partial charge in [-0.3, -0.25) is 0 Å². The standard InChI is InChI=1S/C10H10N4O3/c11-14-13-5-9(16)10(17)7-3-1-2-4-8(7)12-6-15/h1-4,9-10,16-17H,5H2. The van der Waals surface area contributed by atoms with Gasteiger partial charge in [-0.25, -0.2) is 4.79 Å². The van der Waals surface area contributed by atoms with Crippen LogP contribution in [0.4, 0.5) is 5.69 Å². The van der Waals surface area contributed by atoms with E-state index < -0.39 is 12.2 Å². The number of isocyanates is 1. The van der Waals surface area contributed by atoms with Crippen LogP contribution in [0.25, 0.3) is 10.4 Å². The molecule has 1 aromatic rings. The molecule has 17 heavy (non-hydrogen) atoms. The van der Waals surface area contributed by atoms with Crippen molar-refractivity contribution in [2.24, 2.45) is 10.1 Å². The van der Waals surface area contributed by atoms with Gasteiger partial charge in [0.05, 0.1) is 18.3 Å². The Bertz CT molecular complexity index is 478. The highest BCUT2D eigenvalue weighted by atomic mass is 16.3. The van der Waals surface area contributed by atoms with Crippen molar-refractivity contribution in [3.63, 3.8) is 0 Å². The predicted octanol–water partition coefficient (Wildman–Crippen LogP) is 1.36. The molecule has 2 unspecified atom stereocenters. The number of para-hydroxylation sites is 1. The number of hydrogen-bond acceptors (Lipinski definition) is 5. The van der Waals surface area contributed by atoms with Crippen LogP contribution >= 0.6 is 0 Å². The molecule has 7 heteroatoms. The zero-order valence-corrected chi connectivity index (χ0v) is 8.76. The molecule has 7 nitrogen and oxygen atoms in total. The maximum absolute atomic E-state index is 10.2. The fourth-order valence-electron chi connectivity index (χ4n) is 1.32. The second-order valence-corrected chi connectivity index (χ2v) is 3.19. The lowest BCUT2D eigenvalue weighted by atomic mass is 10.0. The van der Waals surface area contributed by atoms with Crippen molar-refractivity contribution < 1.29 is 15.0 Å². The molecule has 0 spiro atoms. The number of benzene rings is 1. The molecular formula is C10H10N4O3. The third-order valence-electron chi connectivity index (χ3n) is 2.12. The Morgan fingerprint density at radius 2 is 2.12 bits per heavy atom. The number of aliphatic hydroxyl groups excluding tert-OH is 2. The number of carbonyl (C=O) groups excluding carboxylic acids is 1. The first-order valence-electron chi connectivity index (χ1n) is 4.74. The number of nitrogens with zero attached hydrogens (tertiary/aromatic N) is 4. The summed E-state index contributed by atoms with van der Waals surface area (Å²) < 4.78 is 0. The molecule has 2 N–H and O–H groups in total. The summed E-state index contributed by atoms with van der Waals surface area (Å²) in [5.74, 6) is 0. The Labute approximate surface area is 96.7 Å². The molecule has 0 fully saturated rings. The largest absolute Gasteiger partial charge is 0.390 e. The number of rotatable bonds is 5. The Morgan fingerprint density at radius 3 is 2.76 bits per heavy atom. The van der Waals surface area contributed by atoms with Gasteiger partial charge in [0.2, 0.25) is 6.08 Å². The van der Waals surface area contributed by atoms with Gasteiger partial charge in [-0.1, -0.05) is 23.3 Å². The molecule has 0 saturated heterocycles. The van der Waals surface area contributed by atoms with Crippen molar-refractivity contribution in [1.82, 2.24) is 0 Å². The summed E-state index contributed by atoms with van der Waals surface area (Å²) in [6, 6.07) is 6.28. The van der Waals surface area contributed by atoms with E-state index in [2.05, 4.69) is 15.0 Å². The van der Waals surface area contributed by atoms with Gasteiger partial charge < -0.3 is 10.2 Å². The maximum atomic E-state index is 10.2. The van der Waals surface area contributed by atoms with Gasteiger partial charge in [0.25, 0.3) is 0 Å². The molecular weight excluding hydrogens is 224 g/mol. The van der Waals surface area contributed by atoms with Crippen LogP contribution in [0.2, 0.25) is 0 Å². The average molecular weight is 234 g/mol.